The van der Waals surface area contributed by atoms with Crippen molar-refractivity contribution < 1.29 is 9.53 Å². The number of piperidine rings is 1. The number of rotatable bonds is 3. The molecular weight excluding hydrogens is 294 g/mol. The van der Waals surface area contributed by atoms with Crippen molar-refractivity contribution in [3.63, 3.8) is 0 Å². The first-order valence-corrected chi connectivity index (χ1v) is 8.69. The Morgan fingerprint density at radius 1 is 1.22 bits per heavy atom. The van der Waals surface area contributed by atoms with Crippen LogP contribution >= 0.6 is 0 Å². The van der Waals surface area contributed by atoms with E-state index in [1.807, 2.05) is 14.0 Å². The van der Waals surface area contributed by atoms with Gasteiger partial charge in [-0.3, -0.25) is 4.99 Å². The number of guanidine groups is 1. The van der Waals surface area contributed by atoms with Gasteiger partial charge in [-0.1, -0.05) is 0 Å². The van der Waals surface area contributed by atoms with Crippen molar-refractivity contribution in [3.05, 3.63) is 0 Å². The van der Waals surface area contributed by atoms with Crippen LogP contribution in [0.4, 0.5) is 4.79 Å². The first-order chi connectivity index (χ1) is 11.1. The van der Waals surface area contributed by atoms with Gasteiger partial charge in [0.25, 0.3) is 0 Å². The summed E-state index contributed by atoms with van der Waals surface area (Å²) in [5.41, 5.74) is 0. The van der Waals surface area contributed by atoms with Crippen LogP contribution in [0.15, 0.2) is 4.99 Å². The van der Waals surface area contributed by atoms with E-state index in [9.17, 15) is 4.79 Å². The quantitative estimate of drug-likeness (QED) is 0.611. The van der Waals surface area contributed by atoms with Gasteiger partial charge in [0.15, 0.2) is 5.96 Å². The Kier molecular flexibility index (Phi) is 6.95. The molecule has 0 saturated carbocycles. The molecule has 7 nitrogen and oxygen atoms in total. The van der Waals surface area contributed by atoms with Crippen LogP contribution in [-0.2, 0) is 4.74 Å². The van der Waals surface area contributed by atoms with E-state index < -0.39 is 0 Å². The molecule has 2 aliphatic heterocycles. The molecule has 2 aliphatic rings. The summed E-state index contributed by atoms with van der Waals surface area (Å²) >= 11 is 0. The Labute approximate surface area is 139 Å². The van der Waals surface area contributed by atoms with Gasteiger partial charge in [0, 0.05) is 46.3 Å². The van der Waals surface area contributed by atoms with Gasteiger partial charge in [0.2, 0.25) is 0 Å². The third kappa shape index (κ3) is 5.27. The van der Waals surface area contributed by atoms with Crippen LogP contribution in [0.1, 0.15) is 19.8 Å². The van der Waals surface area contributed by atoms with Crippen molar-refractivity contribution in [2.75, 3.05) is 66.5 Å². The summed E-state index contributed by atoms with van der Waals surface area (Å²) in [4.78, 5) is 22.5. The van der Waals surface area contributed by atoms with Crippen molar-refractivity contribution in [2.24, 2.45) is 10.9 Å². The van der Waals surface area contributed by atoms with Gasteiger partial charge in [-0.25, -0.2) is 4.79 Å². The summed E-state index contributed by atoms with van der Waals surface area (Å²) in [5.74, 6) is 1.63. The van der Waals surface area contributed by atoms with E-state index in [0.717, 1.165) is 32.1 Å². The second kappa shape index (κ2) is 8.96. The van der Waals surface area contributed by atoms with E-state index in [-0.39, 0.29) is 6.09 Å². The van der Waals surface area contributed by atoms with Gasteiger partial charge < -0.3 is 24.8 Å². The summed E-state index contributed by atoms with van der Waals surface area (Å²) in [5, 5.41) is 3.51. The summed E-state index contributed by atoms with van der Waals surface area (Å²) < 4.78 is 5.06. The highest BCUT2D eigenvalue weighted by atomic mass is 16.6. The first-order valence-electron chi connectivity index (χ1n) is 8.69. The van der Waals surface area contributed by atoms with Gasteiger partial charge in [-0.05, 0) is 39.3 Å². The van der Waals surface area contributed by atoms with Crippen molar-refractivity contribution in [1.29, 1.82) is 0 Å². The van der Waals surface area contributed by atoms with Crippen molar-refractivity contribution in [1.82, 2.24) is 20.0 Å². The molecule has 132 valence electrons. The minimum Gasteiger partial charge on any atom is -0.450 e. The molecule has 0 aromatic rings. The van der Waals surface area contributed by atoms with Gasteiger partial charge in [0.1, 0.15) is 0 Å². The lowest BCUT2D eigenvalue weighted by molar-refractivity contribution is 0.0913. The molecule has 7 heteroatoms. The molecule has 2 saturated heterocycles. The van der Waals surface area contributed by atoms with E-state index in [4.69, 9.17) is 4.74 Å². The Hall–Kier alpha value is -1.50. The molecule has 0 bridgehead atoms. The average Bonchev–Trinajstić information content (AvgIpc) is 2.56. The normalized spacial score (nSPS) is 23.8. The largest absolute Gasteiger partial charge is 0.450 e. The predicted octanol–water partition coefficient (Wildman–Crippen LogP) is 0.678. The zero-order valence-corrected chi connectivity index (χ0v) is 14.8. The molecule has 23 heavy (non-hydrogen) atoms. The fraction of sp³-hybridized carbons (Fsp3) is 0.875. The van der Waals surface area contributed by atoms with Crippen LogP contribution in [-0.4, -0.2) is 93.3 Å². The summed E-state index contributed by atoms with van der Waals surface area (Å²) in [6, 6.07) is 0. The molecule has 2 rings (SSSR count). The number of piperazine rings is 1. The molecule has 1 amide bonds. The molecule has 0 aliphatic carbocycles. The van der Waals surface area contributed by atoms with Crippen molar-refractivity contribution in [2.45, 2.75) is 19.8 Å². The number of likely N-dealkylation sites (tertiary alicyclic amines) is 1. The highest BCUT2D eigenvalue weighted by Crippen LogP contribution is 2.14. The zero-order valence-electron chi connectivity index (χ0n) is 14.8. The number of aliphatic imine (C=N–C) groups is 1. The Morgan fingerprint density at radius 2 is 1.91 bits per heavy atom. The predicted molar refractivity (Wildman–Crippen MR) is 91.8 cm³/mol. The number of ether oxygens (including phenoxy) is 1. The number of carbonyl (C=O) groups is 1. The molecule has 2 heterocycles. The molecule has 0 aromatic heterocycles. The third-order valence-electron chi connectivity index (χ3n) is 4.59. The summed E-state index contributed by atoms with van der Waals surface area (Å²) in [7, 11) is 4.02. The molecule has 2 fully saturated rings. The maximum Gasteiger partial charge on any atom is 0.409 e. The summed E-state index contributed by atoms with van der Waals surface area (Å²) in [6.45, 7) is 8.56. The Balaban J connectivity index is 1.75. The minimum absolute atomic E-state index is 0.208. The van der Waals surface area contributed by atoms with Crippen LogP contribution in [0.5, 0.6) is 0 Å². The lowest BCUT2D eigenvalue weighted by Crippen LogP contribution is -2.54. The van der Waals surface area contributed by atoms with E-state index >= 15 is 0 Å². The molecular formula is C16H31N5O2. The highest BCUT2D eigenvalue weighted by molar-refractivity contribution is 5.80. The Bertz CT molecular complexity index is 407. The smallest absolute Gasteiger partial charge is 0.409 e. The zero-order chi connectivity index (χ0) is 16.7. The maximum atomic E-state index is 11.7. The molecule has 0 aromatic carbocycles. The van der Waals surface area contributed by atoms with Crippen molar-refractivity contribution in [3.8, 4) is 0 Å². The summed E-state index contributed by atoms with van der Waals surface area (Å²) in [6.07, 6.45) is 2.35. The van der Waals surface area contributed by atoms with Gasteiger partial charge in [-0.2, -0.15) is 0 Å². The standard InChI is InChI=1S/C16H31N5O2/c1-4-23-16(22)21-10-8-20(9-11-21)15(17-2)18-12-14-6-5-7-19(3)13-14/h14H,4-13H2,1-3H3,(H,17,18). The maximum absolute atomic E-state index is 11.7. The highest BCUT2D eigenvalue weighted by Gasteiger charge is 2.24. The number of nitrogens with zero attached hydrogens (tertiary/aromatic N) is 4. The van der Waals surface area contributed by atoms with Crippen LogP contribution in [0.2, 0.25) is 0 Å². The molecule has 1 atom stereocenters. The topological polar surface area (TPSA) is 60.4 Å². The van der Waals surface area contributed by atoms with Gasteiger partial charge in [0.05, 0.1) is 6.61 Å². The number of carbonyl (C=O) groups excluding carboxylic acids is 1. The van der Waals surface area contributed by atoms with Crippen molar-refractivity contribution >= 4 is 12.1 Å². The second-order valence-corrected chi connectivity index (χ2v) is 6.37. The third-order valence-corrected chi connectivity index (χ3v) is 4.59. The molecule has 0 spiro atoms. The van der Waals surface area contributed by atoms with E-state index in [1.54, 1.807) is 4.90 Å². The lowest BCUT2D eigenvalue weighted by atomic mass is 9.98. The number of amides is 1. The molecule has 0 radical (unpaired) electrons. The fourth-order valence-corrected chi connectivity index (χ4v) is 3.32. The number of hydrogen-bond donors (Lipinski definition) is 1. The van der Waals surface area contributed by atoms with E-state index in [0.29, 0.717) is 25.6 Å². The first kappa shape index (κ1) is 17.8. The molecule has 1 unspecified atom stereocenters. The van der Waals surface area contributed by atoms with Crippen LogP contribution in [0.25, 0.3) is 0 Å². The van der Waals surface area contributed by atoms with E-state index in [2.05, 4.69) is 27.2 Å². The average molecular weight is 325 g/mol. The second-order valence-electron chi connectivity index (χ2n) is 6.37. The lowest BCUT2D eigenvalue weighted by Gasteiger charge is -2.37. The van der Waals surface area contributed by atoms with Gasteiger partial charge >= 0.3 is 6.09 Å². The number of hydrogen-bond acceptors (Lipinski definition) is 4. The van der Waals surface area contributed by atoms with Crippen LogP contribution in [0, 0.1) is 5.92 Å². The van der Waals surface area contributed by atoms with E-state index in [1.165, 1.54) is 19.4 Å². The number of nitrogens with one attached hydrogen (secondary N) is 1. The van der Waals surface area contributed by atoms with Gasteiger partial charge in [-0.15, -0.1) is 0 Å². The van der Waals surface area contributed by atoms with Crippen LogP contribution in [0.3, 0.4) is 0 Å². The Morgan fingerprint density at radius 3 is 2.52 bits per heavy atom. The minimum atomic E-state index is -0.208. The van der Waals surface area contributed by atoms with Crippen LogP contribution < -0.4 is 5.32 Å². The fourth-order valence-electron chi connectivity index (χ4n) is 3.32. The molecule has 1 N–H and O–H groups in total. The monoisotopic (exact) mass is 325 g/mol. The SMILES string of the molecule is CCOC(=O)N1CCN(C(=NC)NCC2CCCN(C)C2)CC1.